The van der Waals surface area contributed by atoms with Crippen LogP contribution in [0.1, 0.15) is 26.3 Å². The molecule has 0 aliphatic heterocycles. The van der Waals surface area contributed by atoms with E-state index >= 15 is 0 Å². The van der Waals surface area contributed by atoms with Gasteiger partial charge in [-0.25, -0.2) is 0 Å². The number of carbonyl (C=O) groups excluding carboxylic acids is 1. The number of carbonyl (C=O) groups is 1. The molecule has 2 aromatic carbocycles. The lowest BCUT2D eigenvalue weighted by Crippen LogP contribution is -2.43. The van der Waals surface area contributed by atoms with E-state index in [-0.39, 0.29) is 11.9 Å². The van der Waals surface area contributed by atoms with Crippen molar-refractivity contribution in [3.63, 3.8) is 0 Å². The smallest absolute Gasteiger partial charge is 0.263 e. The van der Waals surface area contributed by atoms with Crippen LogP contribution in [-0.2, 0) is 11.3 Å². The predicted octanol–water partition coefficient (Wildman–Crippen LogP) is 3.90. The quantitative estimate of drug-likeness (QED) is 0.774. The van der Waals surface area contributed by atoms with Gasteiger partial charge in [0.25, 0.3) is 5.91 Å². The fraction of sp³-hybridized carbons (Fsp3) is 0.350. The van der Waals surface area contributed by atoms with Crippen molar-refractivity contribution in [2.24, 2.45) is 0 Å². The molecular formula is C20H25NO3. The molecule has 1 atom stereocenters. The maximum absolute atomic E-state index is 12.8. The summed E-state index contributed by atoms with van der Waals surface area (Å²) in [6.07, 6.45) is -0.566. The van der Waals surface area contributed by atoms with Gasteiger partial charge in [-0.3, -0.25) is 4.79 Å². The first-order valence-electron chi connectivity index (χ1n) is 8.16. The molecule has 0 N–H and O–H groups in total. The van der Waals surface area contributed by atoms with Gasteiger partial charge >= 0.3 is 0 Å². The van der Waals surface area contributed by atoms with Crippen LogP contribution in [0.3, 0.4) is 0 Å². The molecule has 0 aromatic heterocycles. The summed E-state index contributed by atoms with van der Waals surface area (Å²) in [4.78, 5) is 14.7. The summed E-state index contributed by atoms with van der Waals surface area (Å²) in [7, 11) is 1.61. The van der Waals surface area contributed by atoms with E-state index in [4.69, 9.17) is 9.47 Å². The van der Waals surface area contributed by atoms with Crippen LogP contribution in [0, 0.1) is 0 Å². The Kier molecular flexibility index (Phi) is 6.24. The van der Waals surface area contributed by atoms with E-state index in [1.165, 1.54) is 0 Å². The SMILES string of the molecule is COc1cccc(OC(C)C(=O)N(Cc2ccccc2)C(C)C)c1. The van der Waals surface area contributed by atoms with E-state index in [0.717, 1.165) is 5.56 Å². The molecule has 0 spiro atoms. The van der Waals surface area contributed by atoms with E-state index in [9.17, 15) is 4.79 Å². The lowest BCUT2D eigenvalue weighted by Gasteiger charge is -2.29. The Bertz CT molecular complexity index is 655. The van der Waals surface area contributed by atoms with Crippen LogP contribution in [0.4, 0.5) is 0 Å². The monoisotopic (exact) mass is 327 g/mol. The number of hydrogen-bond donors (Lipinski definition) is 0. The van der Waals surface area contributed by atoms with Crippen molar-refractivity contribution in [3.8, 4) is 11.5 Å². The maximum atomic E-state index is 12.8. The molecule has 0 aliphatic carbocycles. The maximum Gasteiger partial charge on any atom is 0.263 e. The van der Waals surface area contributed by atoms with Crippen LogP contribution in [0.25, 0.3) is 0 Å². The Morgan fingerprint density at radius 2 is 1.67 bits per heavy atom. The van der Waals surface area contributed by atoms with Crippen molar-refractivity contribution in [1.29, 1.82) is 0 Å². The van der Waals surface area contributed by atoms with Gasteiger partial charge in [-0.1, -0.05) is 36.4 Å². The van der Waals surface area contributed by atoms with Crippen molar-refractivity contribution in [2.75, 3.05) is 7.11 Å². The zero-order valence-electron chi connectivity index (χ0n) is 14.7. The molecule has 2 rings (SSSR count). The largest absolute Gasteiger partial charge is 0.497 e. The van der Waals surface area contributed by atoms with Crippen LogP contribution < -0.4 is 9.47 Å². The van der Waals surface area contributed by atoms with E-state index in [1.54, 1.807) is 20.1 Å². The van der Waals surface area contributed by atoms with Gasteiger partial charge in [0.2, 0.25) is 0 Å². The summed E-state index contributed by atoms with van der Waals surface area (Å²) in [5.41, 5.74) is 1.10. The number of rotatable bonds is 7. The summed E-state index contributed by atoms with van der Waals surface area (Å²) in [5, 5.41) is 0. The topological polar surface area (TPSA) is 38.8 Å². The summed E-state index contributed by atoms with van der Waals surface area (Å²) in [5.74, 6) is 1.30. The normalized spacial score (nSPS) is 11.9. The van der Waals surface area contributed by atoms with Gasteiger partial charge in [0.05, 0.1) is 7.11 Å². The number of nitrogens with zero attached hydrogens (tertiary/aromatic N) is 1. The van der Waals surface area contributed by atoms with Crippen molar-refractivity contribution >= 4 is 5.91 Å². The number of hydrogen-bond acceptors (Lipinski definition) is 3. The van der Waals surface area contributed by atoms with E-state index in [0.29, 0.717) is 18.0 Å². The average molecular weight is 327 g/mol. The fourth-order valence-corrected chi connectivity index (χ4v) is 2.46. The second-order valence-corrected chi connectivity index (χ2v) is 5.98. The molecule has 2 aromatic rings. The lowest BCUT2D eigenvalue weighted by atomic mass is 10.1. The van der Waals surface area contributed by atoms with Crippen LogP contribution in [0.5, 0.6) is 11.5 Å². The molecule has 0 saturated carbocycles. The minimum absolute atomic E-state index is 0.0309. The Morgan fingerprint density at radius 1 is 1.00 bits per heavy atom. The molecular weight excluding hydrogens is 302 g/mol. The van der Waals surface area contributed by atoms with Crippen LogP contribution in [0.2, 0.25) is 0 Å². The Hall–Kier alpha value is -2.49. The highest BCUT2D eigenvalue weighted by atomic mass is 16.5. The third kappa shape index (κ3) is 4.75. The third-order valence-corrected chi connectivity index (χ3v) is 3.80. The Morgan fingerprint density at radius 3 is 2.29 bits per heavy atom. The second kappa shape index (κ2) is 8.39. The highest BCUT2D eigenvalue weighted by molar-refractivity contribution is 5.81. The molecule has 128 valence electrons. The van der Waals surface area contributed by atoms with E-state index in [1.807, 2.05) is 67.3 Å². The van der Waals surface area contributed by atoms with Crippen molar-refractivity contribution in [3.05, 3.63) is 60.2 Å². The lowest BCUT2D eigenvalue weighted by molar-refractivity contribution is -0.140. The van der Waals surface area contributed by atoms with Crippen molar-refractivity contribution in [1.82, 2.24) is 4.90 Å². The first-order valence-corrected chi connectivity index (χ1v) is 8.16. The number of amides is 1. The average Bonchev–Trinajstić information content (AvgIpc) is 2.59. The summed E-state index contributed by atoms with van der Waals surface area (Å²) in [6, 6.07) is 17.4. The number of benzene rings is 2. The molecule has 1 unspecified atom stereocenters. The summed E-state index contributed by atoms with van der Waals surface area (Å²) >= 11 is 0. The highest BCUT2D eigenvalue weighted by Gasteiger charge is 2.24. The summed E-state index contributed by atoms with van der Waals surface area (Å²) in [6.45, 7) is 6.38. The zero-order valence-corrected chi connectivity index (χ0v) is 14.7. The van der Waals surface area contributed by atoms with Crippen molar-refractivity contribution < 1.29 is 14.3 Å². The highest BCUT2D eigenvalue weighted by Crippen LogP contribution is 2.21. The van der Waals surface area contributed by atoms with Gasteiger partial charge in [-0.2, -0.15) is 0 Å². The van der Waals surface area contributed by atoms with Crippen LogP contribution in [-0.4, -0.2) is 30.1 Å². The van der Waals surface area contributed by atoms with E-state index in [2.05, 4.69) is 0 Å². The molecule has 4 nitrogen and oxygen atoms in total. The Balaban J connectivity index is 2.07. The zero-order chi connectivity index (χ0) is 17.5. The standard InChI is InChI=1S/C20H25NO3/c1-15(2)21(14-17-9-6-5-7-10-17)20(22)16(3)24-19-12-8-11-18(13-19)23-4/h5-13,15-16H,14H2,1-4H3. The van der Waals surface area contributed by atoms with Gasteiger partial charge in [0, 0.05) is 18.7 Å². The molecule has 0 fully saturated rings. The number of methoxy groups -OCH3 is 1. The van der Waals surface area contributed by atoms with Crippen LogP contribution >= 0.6 is 0 Å². The predicted molar refractivity (Wildman–Crippen MR) is 95.2 cm³/mol. The van der Waals surface area contributed by atoms with Gasteiger partial charge in [0.15, 0.2) is 6.10 Å². The van der Waals surface area contributed by atoms with E-state index < -0.39 is 6.10 Å². The summed E-state index contributed by atoms with van der Waals surface area (Å²) < 4.78 is 11.0. The molecule has 24 heavy (non-hydrogen) atoms. The van der Waals surface area contributed by atoms with Crippen LogP contribution in [0.15, 0.2) is 54.6 Å². The molecule has 0 saturated heterocycles. The second-order valence-electron chi connectivity index (χ2n) is 5.98. The fourth-order valence-electron chi connectivity index (χ4n) is 2.46. The molecule has 1 amide bonds. The molecule has 0 radical (unpaired) electrons. The third-order valence-electron chi connectivity index (χ3n) is 3.80. The van der Waals surface area contributed by atoms with Gasteiger partial charge in [-0.15, -0.1) is 0 Å². The van der Waals surface area contributed by atoms with Gasteiger partial charge in [0.1, 0.15) is 11.5 Å². The van der Waals surface area contributed by atoms with Gasteiger partial charge < -0.3 is 14.4 Å². The molecule has 4 heteroatoms. The molecule has 0 heterocycles. The molecule has 0 aliphatic rings. The minimum atomic E-state index is -0.566. The Labute approximate surface area is 144 Å². The first-order chi connectivity index (χ1) is 11.5. The minimum Gasteiger partial charge on any atom is -0.497 e. The number of ether oxygens (including phenoxy) is 2. The van der Waals surface area contributed by atoms with Gasteiger partial charge in [-0.05, 0) is 38.5 Å². The van der Waals surface area contributed by atoms with Crippen molar-refractivity contribution in [2.45, 2.75) is 39.5 Å². The molecule has 0 bridgehead atoms. The first kappa shape index (κ1) is 17.9.